The highest BCUT2D eigenvalue weighted by molar-refractivity contribution is 7.89. The summed E-state index contributed by atoms with van der Waals surface area (Å²) in [6, 6.07) is 13.9. The van der Waals surface area contributed by atoms with Crippen LogP contribution in [-0.4, -0.2) is 33.3 Å². The smallest absolute Gasteiger partial charge is 0.243 e. The van der Waals surface area contributed by atoms with Crippen molar-refractivity contribution in [2.45, 2.75) is 69.7 Å². The Morgan fingerprint density at radius 2 is 1.75 bits per heavy atom. The van der Waals surface area contributed by atoms with Gasteiger partial charge in [0.2, 0.25) is 21.8 Å². The van der Waals surface area contributed by atoms with Gasteiger partial charge in [0, 0.05) is 37.2 Å². The number of rotatable bonds is 12. The average Bonchev–Trinajstić information content (AvgIpc) is 2.87. The lowest BCUT2D eigenvalue weighted by atomic mass is 9.96. The van der Waals surface area contributed by atoms with Crippen LogP contribution in [-0.2, 0) is 19.6 Å². The molecule has 36 heavy (non-hydrogen) atoms. The summed E-state index contributed by atoms with van der Waals surface area (Å²) in [4.78, 5) is 26.1. The molecule has 1 fully saturated rings. The molecule has 1 saturated heterocycles. The van der Waals surface area contributed by atoms with Crippen molar-refractivity contribution < 1.29 is 18.0 Å². The van der Waals surface area contributed by atoms with E-state index in [0.29, 0.717) is 43.7 Å². The first-order valence-corrected chi connectivity index (χ1v) is 14.2. The standard InChI is InChI=1S/C27H38N4O4S/c1-3-4-5-9-12-26(32)29-23-13-14-24(31-17-15-22(16-18-31)27(28)33)25(19-23)36(34,35)30-20(2)21-10-7-6-8-11-21/h6-8,10-11,13-14,19-20,22,30H,3-5,9,12,15-18H2,1-2H3,(H2,28,33)(H,29,32)/t20-/m1/s1. The number of amides is 2. The molecule has 3 rings (SSSR count). The van der Waals surface area contributed by atoms with Crippen molar-refractivity contribution in [2.24, 2.45) is 11.7 Å². The molecule has 1 aliphatic heterocycles. The van der Waals surface area contributed by atoms with Crippen molar-refractivity contribution >= 4 is 33.2 Å². The van der Waals surface area contributed by atoms with Crippen LogP contribution in [0, 0.1) is 5.92 Å². The number of hydrogen-bond acceptors (Lipinski definition) is 5. The van der Waals surface area contributed by atoms with Gasteiger partial charge in [-0.25, -0.2) is 13.1 Å². The van der Waals surface area contributed by atoms with Gasteiger partial charge in [-0.15, -0.1) is 0 Å². The van der Waals surface area contributed by atoms with Gasteiger partial charge in [0.1, 0.15) is 4.90 Å². The van der Waals surface area contributed by atoms with Crippen LogP contribution in [0.3, 0.4) is 0 Å². The molecule has 0 bridgehead atoms. The van der Waals surface area contributed by atoms with Crippen molar-refractivity contribution in [3.8, 4) is 0 Å². The number of unbranched alkanes of at least 4 members (excludes halogenated alkanes) is 3. The van der Waals surface area contributed by atoms with Gasteiger partial charge >= 0.3 is 0 Å². The van der Waals surface area contributed by atoms with Gasteiger partial charge in [-0.3, -0.25) is 9.59 Å². The number of hydrogen-bond donors (Lipinski definition) is 3. The van der Waals surface area contributed by atoms with Crippen LogP contribution in [0.15, 0.2) is 53.4 Å². The van der Waals surface area contributed by atoms with Crippen molar-refractivity contribution in [1.29, 1.82) is 0 Å². The quantitative estimate of drug-likeness (QED) is 0.364. The maximum Gasteiger partial charge on any atom is 0.243 e. The van der Waals surface area contributed by atoms with Crippen molar-refractivity contribution in [3.63, 3.8) is 0 Å². The van der Waals surface area contributed by atoms with E-state index in [-0.39, 0.29) is 22.6 Å². The number of piperidine rings is 1. The molecule has 9 heteroatoms. The third-order valence-electron chi connectivity index (χ3n) is 6.66. The fraction of sp³-hybridized carbons (Fsp3) is 0.481. The predicted molar refractivity (Wildman–Crippen MR) is 143 cm³/mol. The summed E-state index contributed by atoms with van der Waals surface area (Å²) in [6.45, 7) is 4.96. The molecule has 0 unspecified atom stereocenters. The monoisotopic (exact) mass is 514 g/mol. The van der Waals surface area contributed by atoms with E-state index >= 15 is 0 Å². The van der Waals surface area contributed by atoms with Gasteiger partial charge in [-0.05, 0) is 49.9 Å². The zero-order chi connectivity index (χ0) is 26.1. The van der Waals surface area contributed by atoms with E-state index < -0.39 is 16.1 Å². The summed E-state index contributed by atoms with van der Waals surface area (Å²) in [5, 5.41) is 2.86. The third-order valence-corrected chi connectivity index (χ3v) is 8.23. The molecule has 1 aliphatic rings. The molecule has 0 aromatic heterocycles. The zero-order valence-electron chi connectivity index (χ0n) is 21.2. The molecular weight excluding hydrogens is 476 g/mol. The molecule has 196 valence electrons. The van der Waals surface area contributed by atoms with Gasteiger partial charge in [0.25, 0.3) is 0 Å². The number of nitrogens with two attached hydrogens (primary N) is 1. The van der Waals surface area contributed by atoms with Crippen molar-refractivity contribution in [3.05, 3.63) is 54.1 Å². The van der Waals surface area contributed by atoms with Crippen LogP contribution in [0.25, 0.3) is 0 Å². The van der Waals surface area contributed by atoms with Gasteiger partial charge in [0.05, 0.1) is 5.69 Å². The lowest BCUT2D eigenvalue weighted by molar-refractivity contribution is -0.122. The maximum atomic E-state index is 13.6. The highest BCUT2D eigenvalue weighted by Gasteiger charge is 2.29. The second kappa shape index (κ2) is 12.9. The van der Waals surface area contributed by atoms with Gasteiger partial charge in [0.15, 0.2) is 0 Å². The fourth-order valence-electron chi connectivity index (χ4n) is 4.52. The van der Waals surface area contributed by atoms with E-state index in [1.807, 2.05) is 35.2 Å². The Balaban J connectivity index is 1.85. The number of sulfonamides is 1. The van der Waals surface area contributed by atoms with Crippen molar-refractivity contribution in [2.75, 3.05) is 23.3 Å². The highest BCUT2D eigenvalue weighted by atomic mass is 32.2. The van der Waals surface area contributed by atoms with Crippen LogP contribution in [0.4, 0.5) is 11.4 Å². The van der Waals surface area contributed by atoms with E-state index in [4.69, 9.17) is 5.73 Å². The van der Waals surface area contributed by atoms with E-state index in [1.165, 1.54) is 6.07 Å². The summed E-state index contributed by atoms with van der Waals surface area (Å²) >= 11 is 0. The molecular formula is C27H38N4O4S. The number of primary amides is 1. The second-order valence-corrected chi connectivity index (χ2v) is 11.1. The topological polar surface area (TPSA) is 122 Å². The number of nitrogens with zero attached hydrogens (tertiary/aromatic N) is 1. The Labute approximate surface area is 214 Å². The first-order chi connectivity index (χ1) is 17.2. The van der Waals surface area contributed by atoms with Gasteiger partial charge in [-0.2, -0.15) is 0 Å². The lowest BCUT2D eigenvalue weighted by Gasteiger charge is -2.33. The summed E-state index contributed by atoms with van der Waals surface area (Å²) < 4.78 is 30.0. The molecule has 1 heterocycles. The van der Waals surface area contributed by atoms with E-state index in [0.717, 1.165) is 31.2 Å². The van der Waals surface area contributed by atoms with Crippen LogP contribution >= 0.6 is 0 Å². The number of nitrogens with one attached hydrogen (secondary N) is 2. The molecule has 2 amide bonds. The summed E-state index contributed by atoms with van der Waals surface area (Å²) in [5.41, 5.74) is 7.31. The molecule has 2 aromatic carbocycles. The van der Waals surface area contributed by atoms with E-state index in [1.54, 1.807) is 19.1 Å². The molecule has 0 radical (unpaired) electrons. The Morgan fingerprint density at radius 3 is 2.39 bits per heavy atom. The van der Waals surface area contributed by atoms with E-state index in [2.05, 4.69) is 17.0 Å². The minimum atomic E-state index is -3.93. The number of carbonyl (C=O) groups excluding carboxylic acids is 2. The summed E-state index contributed by atoms with van der Waals surface area (Å²) in [5.74, 6) is -0.656. The minimum absolute atomic E-state index is 0.103. The van der Waals surface area contributed by atoms with Gasteiger partial charge < -0.3 is 16.0 Å². The Hall–Kier alpha value is -2.91. The molecule has 0 spiro atoms. The van der Waals surface area contributed by atoms with Crippen LogP contribution in [0.2, 0.25) is 0 Å². The number of benzene rings is 2. The lowest BCUT2D eigenvalue weighted by Crippen LogP contribution is -2.39. The molecule has 8 nitrogen and oxygen atoms in total. The molecule has 4 N–H and O–H groups in total. The molecule has 0 saturated carbocycles. The van der Waals surface area contributed by atoms with Crippen LogP contribution in [0.5, 0.6) is 0 Å². The van der Waals surface area contributed by atoms with Crippen molar-refractivity contribution in [1.82, 2.24) is 4.72 Å². The highest BCUT2D eigenvalue weighted by Crippen LogP contribution is 2.32. The normalized spacial score (nSPS) is 15.4. The minimum Gasteiger partial charge on any atom is -0.370 e. The third kappa shape index (κ3) is 7.54. The van der Waals surface area contributed by atoms with Crippen LogP contribution in [0.1, 0.15) is 70.4 Å². The Bertz CT molecular complexity index is 1130. The largest absolute Gasteiger partial charge is 0.370 e. The van der Waals surface area contributed by atoms with Gasteiger partial charge in [-0.1, -0.05) is 56.5 Å². The van der Waals surface area contributed by atoms with E-state index in [9.17, 15) is 18.0 Å². The first-order valence-electron chi connectivity index (χ1n) is 12.8. The molecule has 1 atom stereocenters. The zero-order valence-corrected chi connectivity index (χ0v) is 22.0. The molecule has 2 aromatic rings. The Kier molecular flexibility index (Phi) is 9.89. The second-order valence-electron chi connectivity index (χ2n) is 9.46. The summed E-state index contributed by atoms with van der Waals surface area (Å²) in [7, 11) is -3.93. The maximum absolute atomic E-state index is 13.6. The SMILES string of the molecule is CCCCCCC(=O)Nc1ccc(N2CCC(C(N)=O)CC2)c(S(=O)(=O)N[C@H](C)c2ccccc2)c1. The first kappa shape index (κ1) is 27.7. The number of carbonyl (C=O) groups is 2. The predicted octanol–water partition coefficient (Wildman–Crippen LogP) is 4.34. The fourth-order valence-corrected chi connectivity index (χ4v) is 6.00. The summed E-state index contributed by atoms with van der Waals surface area (Å²) in [6.07, 6.45) is 5.50. The molecule has 0 aliphatic carbocycles. The average molecular weight is 515 g/mol. The number of anilines is 2. The van der Waals surface area contributed by atoms with Crippen LogP contribution < -0.4 is 20.7 Å². The Morgan fingerprint density at radius 1 is 1.06 bits per heavy atom.